The first kappa shape index (κ1) is 34.7. The van der Waals surface area contributed by atoms with Crippen LogP contribution in [0.5, 0.6) is 0 Å². The molecule has 12 rings (SSSR count). The molecule has 0 saturated heterocycles. The Balaban J connectivity index is 0.000000112. The van der Waals surface area contributed by atoms with Crippen LogP contribution in [-0.2, 0) is 6.42 Å². The predicted octanol–water partition coefficient (Wildman–Crippen LogP) is 14.1. The molecule has 11 aromatic rings. The second-order valence-corrected chi connectivity index (χ2v) is 17.1. The standard InChI is InChI=1S/C23H13IN2O.C12H6I2O.C12H9N/c24-14-7-9-21-18(12-14)19-13-15(8-10-22(19)27-21)26-20-6-2-1-4-16(20)17-5-3-11-25-23(17)26;13-7-1-3-11-9(5-7)10-6-8(14)2-4-12(10)15-11;1-2-5-10-9(4-1)8-12-11(10)6-3-7-13-12/h1-13H;1-6H;1-7H,8H2. The number of pyridine rings is 2. The molecule has 1 aliphatic rings. The lowest BCUT2D eigenvalue weighted by molar-refractivity contribution is 0.668. The molecule has 0 radical (unpaired) electrons. The fraction of sp³-hybridized carbons (Fsp3) is 0.0213. The van der Waals surface area contributed by atoms with Crippen molar-refractivity contribution in [2.75, 3.05) is 0 Å². The maximum absolute atomic E-state index is 6.03. The monoisotopic (exact) mass is 1050 g/mol. The van der Waals surface area contributed by atoms with Gasteiger partial charge in [-0.1, -0.05) is 48.5 Å². The van der Waals surface area contributed by atoms with Crippen LogP contribution in [0.15, 0.2) is 167 Å². The van der Waals surface area contributed by atoms with E-state index in [-0.39, 0.29) is 0 Å². The molecule has 8 heteroatoms. The lowest BCUT2D eigenvalue weighted by Gasteiger charge is -2.07. The van der Waals surface area contributed by atoms with Crippen molar-refractivity contribution < 1.29 is 8.83 Å². The zero-order valence-corrected chi connectivity index (χ0v) is 35.5. The summed E-state index contributed by atoms with van der Waals surface area (Å²) in [5, 5.41) is 7.06. The van der Waals surface area contributed by atoms with E-state index in [4.69, 9.17) is 8.83 Å². The highest BCUT2D eigenvalue weighted by Gasteiger charge is 2.18. The third-order valence-corrected chi connectivity index (χ3v) is 12.1. The summed E-state index contributed by atoms with van der Waals surface area (Å²) in [6, 6.07) is 50.4. The van der Waals surface area contributed by atoms with Crippen LogP contribution in [0.25, 0.3) is 82.6 Å². The summed E-state index contributed by atoms with van der Waals surface area (Å²) in [5.74, 6) is 0. The van der Waals surface area contributed by atoms with Gasteiger partial charge in [0, 0.05) is 73.1 Å². The van der Waals surface area contributed by atoms with Crippen molar-refractivity contribution in [1.29, 1.82) is 0 Å². The van der Waals surface area contributed by atoms with Gasteiger partial charge in [0.15, 0.2) is 0 Å². The summed E-state index contributed by atoms with van der Waals surface area (Å²) >= 11 is 6.99. The number of benzene rings is 6. The molecule has 0 bridgehead atoms. The molecule has 55 heavy (non-hydrogen) atoms. The van der Waals surface area contributed by atoms with Crippen LogP contribution in [-0.4, -0.2) is 14.5 Å². The van der Waals surface area contributed by atoms with E-state index in [0.717, 1.165) is 56.4 Å². The van der Waals surface area contributed by atoms with Crippen molar-refractivity contribution in [2.45, 2.75) is 6.42 Å². The number of para-hydroxylation sites is 1. The molecule has 0 unspecified atom stereocenters. The van der Waals surface area contributed by atoms with Gasteiger partial charge in [0.1, 0.15) is 28.0 Å². The fourth-order valence-corrected chi connectivity index (χ4v) is 9.07. The molecule has 264 valence electrons. The zero-order chi connectivity index (χ0) is 37.0. The fourth-order valence-electron chi connectivity index (χ4n) is 7.60. The van der Waals surface area contributed by atoms with Crippen molar-refractivity contribution >= 4 is 134 Å². The number of rotatable bonds is 1. The Hall–Kier alpha value is -4.79. The number of fused-ring (bicyclic) bond motifs is 12. The van der Waals surface area contributed by atoms with E-state index in [0.29, 0.717) is 0 Å². The van der Waals surface area contributed by atoms with E-state index in [9.17, 15) is 0 Å². The largest absolute Gasteiger partial charge is 0.456 e. The molecule has 0 saturated carbocycles. The molecule has 0 amide bonds. The van der Waals surface area contributed by atoms with E-state index in [2.05, 4.69) is 198 Å². The molecular formula is C47H28I3N3O2. The van der Waals surface area contributed by atoms with E-state index in [1.165, 1.54) is 54.6 Å². The summed E-state index contributed by atoms with van der Waals surface area (Å²) in [5.41, 5.74) is 12.2. The maximum atomic E-state index is 6.03. The minimum atomic E-state index is 0.907. The molecule has 5 nitrogen and oxygen atoms in total. The number of nitrogens with zero attached hydrogens (tertiary/aromatic N) is 3. The highest BCUT2D eigenvalue weighted by Crippen LogP contribution is 2.36. The summed E-state index contributed by atoms with van der Waals surface area (Å²) < 4.78 is 17.7. The molecule has 0 fully saturated rings. The number of hydrogen-bond donors (Lipinski definition) is 0. The first-order valence-electron chi connectivity index (χ1n) is 17.7. The van der Waals surface area contributed by atoms with Gasteiger partial charge in [0.25, 0.3) is 0 Å². The maximum Gasteiger partial charge on any atom is 0.145 e. The van der Waals surface area contributed by atoms with E-state index in [1.54, 1.807) is 0 Å². The number of hydrogen-bond acceptors (Lipinski definition) is 4. The Bertz CT molecular complexity index is 3100. The molecule has 0 spiro atoms. The second kappa shape index (κ2) is 14.4. The van der Waals surface area contributed by atoms with E-state index >= 15 is 0 Å². The van der Waals surface area contributed by atoms with Crippen LogP contribution < -0.4 is 0 Å². The molecular weight excluding hydrogens is 1020 g/mol. The minimum absolute atomic E-state index is 0.907. The third kappa shape index (κ3) is 6.37. The lowest BCUT2D eigenvalue weighted by atomic mass is 10.1. The molecule has 5 aromatic heterocycles. The van der Waals surface area contributed by atoms with Gasteiger partial charge in [-0.05, 0) is 176 Å². The van der Waals surface area contributed by atoms with Gasteiger partial charge in [0.05, 0.1) is 11.2 Å². The summed E-state index contributed by atoms with van der Waals surface area (Å²) in [6.45, 7) is 0. The Morgan fingerprint density at radius 1 is 0.455 bits per heavy atom. The number of aromatic nitrogens is 3. The average Bonchev–Trinajstić information content (AvgIpc) is 3.97. The Morgan fingerprint density at radius 2 is 0.982 bits per heavy atom. The Kier molecular flexibility index (Phi) is 9.06. The first-order chi connectivity index (χ1) is 27.0. The van der Waals surface area contributed by atoms with E-state index < -0.39 is 0 Å². The number of halogens is 3. The Morgan fingerprint density at radius 3 is 1.67 bits per heavy atom. The summed E-state index contributed by atoms with van der Waals surface area (Å²) in [6.07, 6.45) is 4.71. The van der Waals surface area contributed by atoms with Crippen molar-refractivity contribution in [2.24, 2.45) is 0 Å². The van der Waals surface area contributed by atoms with Crippen molar-refractivity contribution in [1.82, 2.24) is 14.5 Å². The topological polar surface area (TPSA) is 57.0 Å². The lowest BCUT2D eigenvalue weighted by Crippen LogP contribution is -1.94. The Labute approximate surface area is 356 Å². The molecule has 5 heterocycles. The van der Waals surface area contributed by atoms with Gasteiger partial charge in [0.2, 0.25) is 0 Å². The highest BCUT2D eigenvalue weighted by atomic mass is 127. The van der Waals surface area contributed by atoms with Crippen LogP contribution in [0.1, 0.15) is 11.3 Å². The van der Waals surface area contributed by atoms with Gasteiger partial charge in [-0.3, -0.25) is 9.55 Å². The minimum Gasteiger partial charge on any atom is -0.456 e. The molecule has 0 aliphatic heterocycles. The van der Waals surface area contributed by atoms with Gasteiger partial charge >= 0.3 is 0 Å². The van der Waals surface area contributed by atoms with Gasteiger partial charge in [-0.15, -0.1) is 0 Å². The molecule has 6 aromatic carbocycles. The van der Waals surface area contributed by atoms with Crippen molar-refractivity contribution in [3.63, 3.8) is 0 Å². The highest BCUT2D eigenvalue weighted by molar-refractivity contribution is 14.1. The normalized spacial score (nSPS) is 11.8. The van der Waals surface area contributed by atoms with Crippen LogP contribution in [0.3, 0.4) is 0 Å². The first-order valence-corrected chi connectivity index (χ1v) is 21.0. The van der Waals surface area contributed by atoms with Gasteiger partial charge in [-0.2, -0.15) is 0 Å². The predicted molar refractivity (Wildman–Crippen MR) is 250 cm³/mol. The van der Waals surface area contributed by atoms with Crippen LogP contribution in [0.2, 0.25) is 0 Å². The smallest absolute Gasteiger partial charge is 0.145 e. The zero-order valence-electron chi connectivity index (χ0n) is 29.0. The van der Waals surface area contributed by atoms with Crippen molar-refractivity contribution in [3.8, 4) is 16.8 Å². The van der Waals surface area contributed by atoms with Gasteiger partial charge in [-0.25, -0.2) is 4.98 Å². The summed E-state index contributed by atoms with van der Waals surface area (Å²) in [7, 11) is 0. The molecule has 0 atom stereocenters. The SMILES string of the molecule is Ic1ccc2oc3ccc(-n4c5ccccc5c5cccnc54)cc3c2c1.Ic1ccc2oc3ccc(I)cc3c2c1.c1ccc2c(c1)Cc1ncccc1-2. The van der Waals surface area contributed by atoms with Crippen LogP contribution in [0.4, 0.5) is 0 Å². The molecule has 1 aliphatic carbocycles. The molecule has 0 N–H and O–H groups in total. The quantitative estimate of drug-likeness (QED) is 0.154. The summed E-state index contributed by atoms with van der Waals surface area (Å²) in [4.78, 5) is 9.05. The van der Waals surface area contributed by atoms with E-state index in [1.807, 2.05) is 42.7 Å². The van der Waals surface area contributed by atoms with Crippen LogP contribution in [0, 0.1) is 10.7 Å². The second-order valence-electron chi connectivity index (χ2n) is 13.4. The van der Waals surface area contributed by atoms with Crippen molar-refractivity contribution in [3.05, 3.63) is 180 Å². The average molecular weight is 1050 g/mol. The number of furan rings is 2. The van der Waals surface area contributed by atoms with Crippen LogP contribution >= 0.6 is 67.8 Å². The van der Waals surface area contributed by atoms with Gasteiger partial charge < -0.3 is 8.83 Å². The third-order valence-electron chi connectivity index (χ3n) is 10.1.